The van der Waals surface area contributed by atoms with Crippen LogP contribution in [0.25, 0.3) is 0 Å². The van der Waals surface area contributed by atoms with Crippen LogP contribution in [0.3, 0.4) is 0 Å². The van der Waals surface area contributed by atoms with Gasteiger partial charge in [-0.2, -0.15) is 0 Å². The molecule has 1 aliphatic rings. The van der Waals surface area contributed by atoms with Crippen molar-refractivity contribution in [2.24, 2.45) is 0 Å². The van der Waals surface area contributed by atoms with Crippen molar-refractivity contribution in [3.05, 3.63) is 0 Å². The van der Waals surface area contributed by atoms with Crippen molar-refractivity contribution >= 4 is 24.8 Å². The van der Waals surface area contributed by atoms with Gasteiger partial charge in [-0.1, -0.05) is 6.92 Å². The molecule has 2 N–H and O–H groups in total. The molecule has 1 aliphatic heterocycles. The molecule has 2 nitrogen and oxygen atoms in total. The minimum atomic E-state index is 0. The lowest BCUT2D eigenvalue weighted by Crippen LogP contribution is -2.40. The van der Waals surface area contributed by atoms with Crippen molar-refractivity contribution in [2.75, 3.05) is 19.6 Å². The summed E-state index contributed by atoms with van der Waals surface area (Å²) in [7, 11) is 0. The van der Waals surface area contributed by atoms with Gasteiger partial charge in [0.2, 0.25) is 0 Å². The topological polar surface area (TPSA) is 24.1 Å². The van der Waals surface area contributed by atoms with Crippen LogP contribution < -0.4 is 10.6 Å². The fourth-order valence-corrected chi connectivity index (χ4v) is 1.37. The summed E-state index contributed by atoms with van der Waals surface area (Å²) in [5.74, 6) is 0. The molecule has 1 heterocycles. The highest BCUT2D eigenvalue weighted by Gasteiger charge is 2.10. The van der Waals surface area contributed by atoms with Crippen LogP contribution in [0.2, 0.25) is 0 Å². The second-order valence-electron chi connectivity index (χ2n) is 2.98. The predicted molar refractivity (Wildman–Crippen MR) is 58.7 cm³/mol. The van der Waals surface area contributed by atoms with E-state index in [4.69, 9.17) is 0 Å². The predicted octanol–water partition coefficient (Wildman–Crippen LogP) is 1.58. The third kappa shape index (κ3) is 6.06. The molecule has 0 aromatic heterocycles. The fourth-order valence-electron chi connectivity index (χ4n) is 1.37. The Morgan fingerprint density at radius 1 is 1.25 bits per heavy atom. The molecule has 0 aromatic carbocycles. The smallest absolute Gasteiger partial charge is 0.00912 e. The van der Waals surface area contributed by atoms with Gasteiger partial charge >= 0.3 is 0 Å². The second-order valence-corrected chi connectivity index (χ2v) is 2.98. The van der Waals surface area contributed by atoms with E-state index in [1.807, 2.05) is 0 Å². The van der Waals surface area contributed by atoms with E-state index in [-0.39, 0.29) is 24.8 Å². The van der Waals surface area contributed by atoms with Crippen LogP contribution in [0.15, 0.2) is 0 Å². The van der Waals surface area contributed by atoms with E-state index in [0.29, 0.717) is 0 Å². The average molecular weight is 215 g/mol. The Kier molecular flexibility index (Phi) is 12.0. The summed E-state index contributed by atoms with van der Waals surface area (Å²) in [4.78, 5) is 0. The zero-order valence-electron chi connectivity index (χ0n) is 7.64. The summed E-state index contributed by atoms with van der Waals surface area (Å²) in [6.45, 7) is 5.79. The zero-order chi connectivity index (χ0) is 7.23. The van der Waals surface area contributed by atoms with E-state index >= 15 is 0 Å². The molecular formula is C8H20Cl2N2. The van der Waals surface area contributed by atoms with E-state index in [0.717, 1.165) is 6.04 Å². The van der Waals surface area contributed by atoms with Crippen LogP contribution in [0.5, 0.6) is 0 Å². The Morgan fingerprint density at radius 2 is 1.83 bits per heavy atom. The molecule has 12 heavy (non-hydrogen) atoms. The zero-order valence-corrected chi connectivity index (χ0v) is 9.27. The molecule has 1 saturated heterocycles. The standard InChI is InChI=1S/C8H18N2.2ClH/c1-2-5-10-8-3-6-9-7-4-8;;/h8-10H,2-7H2,1H3;2*1H. The van der Waals surface area contributed by atoms with Crippen molar-refractivity contribution in [3.63, 3.8) is 0 Å². The van der Waals surface area contributed by atoms with Crippen molar-refractivity contribution < 1.29 is 0 Å². The minimum absolute atomic E-state index is 0. The van der Waals surface area contributed by atoms with Gasteiger partial charge in [-0.25, -0.2) is 0 Å². The molecular weight excluding hydrogens is 195 g/mol. The first-order chi connectivity index (χ1) is 4.93. The Labute approximate surface area is 87.7 Å². The van der Waals surface area contributed by atoms with Crippen LogP contribution >= 0.6 is 24.8 Å². The van der Waals surface area contributed by atoms with Gasteiger partial charge in [0.05, 0.1) is 0 Å². The summed E-state index contributed by atoms with van der Waals surface area (Å²) in [6, 6.07) is 0.793. The molecule has 0 unspecified atom stereocenters. The first-order valence-corrected chi connectivity index (χ1v) is 4.37. The highest BCUT2D eigenvalue weighted by Crippen LogP contribution is 2.00. The summed E-state index contributed by atoms with van der Waals surface area (Å²) < 4.78 is 0. The SMILES string of the molecule is CCCNC1CCNCC1.Cl.Cl. The quantitative estimate of drug-likeness (QED) is 0.746. The Balaban J connectivity index is 0. The lowest BCUT2D eigenvalue weighted by molar-refractivity contribution is 0.388. The maximum absolute atomic E-state index is 3.53. The average Bonchev–Trinajstić information content (AvgIpc) is 2.03. The van der Waals surface area contributed by atoms with E-state index in [1.54, 1.807) is 0 Å². The van der Waals surface area contributed by atoms with E-state index in [1.165, 1.54) is 38.9 Å². The lowest BCUT2D eigenvalue weighted by atomic mass is 10.1. The van der Waals surface area contributed by atoms with Gasteiger partial charge in [-0.3, -0.25) is 0 Å². The van der Waals surface area contributed by atoms with Crippen LogP contribution in [0.1, 0.15) is 26.2 Å². The van der Waals surface area contributed by atoms with Crippen molar-refractivity contribution in [1.82, 2.24) is 10.6 Å². The minimum Gasteiger partial charge on any atom is -0.317 e. The number of halogens is 2. The fraction of sp³-hybridized carbons (Fsp3) is 1.00. The molecule has 0 amide bonds. The molecule has 0 spiro atoms. The van der Waals surface area contributed by atoms with Crippen molar-refractivity contribution in [2.45, 2.75) is 32.2 Å². The third-order valence-electron chi connectivity index (χ3n) is 2.02. The Hall–Kier alpha value is 0.500. The number of piperidine rings is 1. The number of hydrogen-bond donors (Lipinski definition) is 2. The first kappa shape index (κ1) is 15.0. The second kappa shape index (κ2) is 9.59. The van der Waals surface area contributed by atoms with Crippen LogP contribution in [0.4, 0.5) is 0 Å². The summed E-state index contributed by atoms with van der Waals surface area (Å²) >= 11 is 0. The molecule has 0 aliphatic carbocycles. The van der Waals surface area contributed by atoms with Crippen molar-refractivity contribution in [3.8, 4) is 0 Å². The van der Waals surface area contributed by atoms with Gasteiger partial charge in [-0.05, 0) is 38.9 Å². The van der Waals surface area contributed by atoms with E-state index in [2.05, 4.69) is 17.6 Å². The maximum atomic E-state index is 3.53. The Bertz CT molecular complexity index is 85.1. The van der Waals surface area contributed by atoms with Crippen molar-refractivity contribution in [1.29, 1.82) is 0 Å². The van der Waals surface area contributed by atoms with E-state index in [9.17, 15) is 0 Å². The van der Waals surface area contributed by atoms with Gasteiger partial charge in [0.15, 0.2) is 0 Å². The van der Waals surface area contributed by atoms with Gasteiger partial charge in [0.1, 0.15) is 0 Å². The monoisotopic (exact) mass is 214 g/mol. The van der Waals surface area contributed by atoms with Gasteiger partial charge in [0.25, 0.3) is 0 Å². The Morgan fingerprint density at radius 3 is 2.33 bits per heavy atom. The first-order valence-electron chi connectivity index (χ1n) is 4.37. The summed E-state index contributed by atoms with van der Waals surface area (Å²) in [5, 5.41) is 6.88. The van der Waals surface area contributed by atoms with Gasteiger partial charge in [0, 0.05) is 6.04 Å². The van der Waals surface area contributed by atoms with Crippen LogP contribution in [-0.4, -0.2) is 25.7 Å². The molecule has 76 valence electrons. The third-order valence-corrected chi connectivity index (χ3v) is 2.02. The summed E-state index contributed by atoms with van der Waals surface area (Å²) in [5.41, 5.74) is 0. The van der Waals surface area contributed by atoms with E-state index < -0.39 is 0 Å². The van der Waals surface area contributed by atoms with Crippen LogP contribution in [-0.2, 0) is 0 Å². The highest BCUT2D eigenvalue weighted by atomic mass is 35.5. The molecule has 1 fully saturated rings. The molecule has 0 saturated carbocycles. The molecule has 0 radical (unpaired) electrons. The largest absolute Gasteiger partial charge is 0.317 e. The van der Waals surface area contributed by atoms with Gasteiger partial charge < -0.3 is 10.6 Å². The lowest BCUT2D eigenvalue weighted by Gasteiger charge is -2.23. The molecule has 4 heteroatoms. The molecule has 0 bridgehead atoms. The molecule has 0 aromatic rings. The van der Waals surface area contributed by atoms with Crippen LogP contribution in [0, 0.1) is 0 Å². The number of hydrogen-bond acceptors (Lipinski definition) is 2. The summed E-state index contributed by atoms with van der Waals surface area (Å²) in [6.07, 6.45) is 3.87. The number of rotatable bonds is 3. The maximum Gasteiger partial charge on any atom is 0.00912 e. The highest BCUT2D eigenvalue weighted by molar-refractivity contribution is 5.85. The number of nitrogens with one attached hydrogen (secondary N) is 2. The molecule has 0 atom stereocenters. The molecule has 1 rings (SSSR count). The normalized spacial score (nSPS) is 17.8. The van der Waals surface area contributed by atoms with Gasteiger partial charge in [-0.15, -0.1) is 24.8 Å².